The molecule has 2 aromatic rings. The van der Waals surface area contributed by atoms with Crippen LogP contribution in [0.1, 0.15) is 34.6 Å². The Kier molecular flexibility index (Phi) is 26.9. The molecule has 2 rings (SSSR count). The van der Waals surface area contributed by atoms with Crippen molar-refractivity contribution >= 4 is 11.9 Å². The predicted octanol–water partition coefficient (Wildman–Crippen LogP) is 5.26. The third-order valence-corrected chi connectivity index (χ3v) is 2.04. The van der Waals surface area contributed by atoms with Gasteiger partial charge in [0.25, 0.3) is 0 Å². The van der Waals surface area contributed by atoms with Crippen LogP contribution in [0.5, 0.6) is 0 Å². The Morgan fingerprint density at radius 2 is 0.786 bits per heavy atom. The molecule has 0 saturated carbocycles. The monoisotopic (exact) mass is 566 g/mol. The number of hydrogen-bond donors (Lipinski definition) is 2. The van der Waals surface area contributed by atoms with E-state index in [0.29, 0.717) is 11.1 Å². The van der Waals surface area contributed by atoms with Crippen molar-refractivity contribution in [1.82, 2.24) is 0 Å². The van der Waals surface area contributed by atoms with Crippen molar-refractivity contribution in [3.8, 4) is 0 Å². The van der Waals surface area contributed by atoms with Crippen molar-refractivity contribution < 1.29 is 60.6 Å². The Hall–Kier alpha value is -1.30. The van der Waals surface area contributed by atoms with Crippen LogP contribution in [0.4, 0.5) is 0 Å². The van der Waals surface area contributed by atoms with E-state index >= 15 is 0 Å². The third-order valence-electron chi connectivity index (χ3n) is 2.04. The zero-order valence-corrected chi connectivity index (χ0v) is 19.1. The molecule has 0 saturated heterocycles. The molecule has 0 aliphatic carbocycles. The van der Waals surface area contributed by atoms with Gasteiger partial charge in [-0.05, 0) is 63.8 Å². The van der Waals surface area contributed by atoms with Gasteiger partial charge in [0.1, 0.15) is 0 Å². The second-order valence-electron chi connectivity index (χ2n) is 5.26. The van der Waals surface area contributed by atoms with Gasteiger partial charge < -0.3 is 10.2 Å². The topological polar surface area (TPSA) is 74.6 Å². The van der Waals surface area contributed by atoms with Crippen LogP contribution in [0.25, 0.3) is 0 Å². The molecule has 4 nitrogen and oxygen atoms in total. The number of hydrogen-bond acceptors (Lipinski definition) is 2. The van der Waals surface area contributed by atoms with Gasteiger partial charge in [-0.3, -0.25) is 0 Å². The van der Waals surface area contributed by atoms with E-state index in [2.05, 4.69) is 27.7 Å². The Labute approximate surface area is 197 Å². The number of carboxylic acids is 2. The van der Waals surface area contributed by atoms with Crippen LogP contribution in [-0.4, -0.2) is 22.2 Å². The zero-order valence-electron chi connectivity index (χ0n) is 15.9. The minimum atomic E-state index is -0.879. The number of benzene rings is 2. The first-order chi connectivity index (χ1) is 12.1. The average molecular weight is 567 g/mol. The average Bonchev–Trinajstić information content (AvgIpc) is 2.56. The molecule has 0 aromatic heterocycles. The van der Waals surface area contributed by atoms with Gasteiger partial charge in [0.15, 0.2) is 0 Å². The van der Waals surface area contributed by atoms with Crippen LogP contribution in [0, 0.1) is 39.5 Å². The van der Waals surface area contributed by atoms with E-state index in [4.69, 9.17) is 10.2 Å². The molecule has 0 heterocycles. The molecule has 158 valence electrons. The normalized spacial score (nSPS) is 8.29. The second kappa shape index (κ2) is 22.0. The van der Waals surface area contributed by atoms with E-state index in [1.807, 2.05) is 13.8 Å². The minimum Gasteiger partial charge on any atom is -0.478 e. The molecule has 0 aliphatic rings. The van der Waals surface area contributed by atoms with Crippen LogP contribution < -0.4 is 0 Å². The Morgan fingerprint density at radius 3 is 0.893 bits per heavy atom. The first kappa shape index (κ1) is 34.2. The van der Waals surface area contributed by atoms with Crippen molar-refractivity contribution in [3.05, 3.63) is 111 Å². The fourth-order valence-electron chi connectivity index (χ4n) is 1.16. The summed E-state index contributed by atoms with van der Waals surface area (Å²) >= 11 is 0. The van der Waals surface area contributed by atoms with Crippen molar-refractivity contribution in [2.24, 2.45) is 0 Å². The van der Waals surface area contributed by atoms with Gasteiger partial charge in [-0.1, -0.05) is 50.2 Å². The van der Waals surface area contributed by atoms with Crippen LogP contribution in [-0.2, 0) is 40.8 Å². The summed E-state index contributed by atoms with van der Waals surface area (Å²) in [7, 11) is 0. The van der Waals surface area contributed by atoms with Gasteiger partial charge in [-0.25, -0.2) is 9.59 Å². The van der Waals surface area contributed by atoms with E-state index in [1.165, 1.54) is 0 Å². The first-order valence-electron chi connectivity index (χ1n) is 7.59. The van der Waals surface area contributed by atoms with Crippen molar-refractivity contribution in [2.75, 3.05) is 0 Å². The molecule has 0 aliphatic heterocycles. The van der Waals surface area contributed by atoms with E-state index in [1.54, 1.807) is 60.7 Å². The van der Waals surface area contributed by atoms with Gasteiger partial charge >= 0.3 is 11.9 Å². The van der Waals surface area contributed by atoms with Gasteiger partial charge in [-0.15, -0.1) is 0 Å². The van der Waals surface area contributed by atoms with E-state index in [-0.39, 0.29) is 40.8 Å². The molecular formula is C22H26O4Pd2. The molecule has 6 radical (unpaired) electrons. The fourth-order valence-corrected chi connectivity index (χ4v) is 1.16. The zero-order chi connectivity index (χ0) is 20.5. The van der Waals surface area contributed by atoms with Gasteiger partial charge in [0, 0.05) is 40.8 Å². The van der Waals surface area contributed by atoms with Crippen LogP contribution in [0.15, 0.2) is 60.7 Å². The fraction of sp³-hybridized carbons (Fsp3) is 0.0909. The SMILES string of the molecule is O=C(O)c1ccccc1.O=C(O)c1ccccc1.[CH2][C]([CH2])C.[CH2][C]([CH2])C.[Pd].[Pd]. The molecular weight excluding hydrogens is 541 g/mol. The summed E-state index contributed by atoms with van der Waals surface area (Å²) in [4.78, 5) is 20.4. The smallest absolute Gasteiger partial charge is 0.335 e. The summed E-state index contributed by atoms with van der Waals surface area (Å²) in [5, 5.41) is 16.8. The molecule has 2 aromatic carbocycles. The standard InChI is InChI=1S/2C7H6O2.2C4H7.2Pd/c2*8-7(9)6-4-2-1-3-5-6;2*1-4(2)3;;/h2*1-5H,(H,8,9);2*1-2H2,3H3;;. The molecule has 0 spiro atoms. The largest absolute Gasteiger partial charge is 0.478 e. The van der Waals surface area contributed by atoms with Crippen LogP contribution >= 0.6 is 0 Å². The Balaban J connectivity index is -0.000000144. The molecule has 0 amide bonds. The summed E-state index contributed by atoms with van der Waals surface area (Å²) in [6.45, 7) is 17.5. The maximum absolute atomic E-state index is 10.2. The van der Waals surface area contributed by atoms with Gasteiger partial charge in [0.05, 0.1) is 11.1 Å². The van der Waals surface area contributed by atoms with Crippen LogP contribution in [0.3, 0.4) is 0 Å². The summed E-state index contributed by atoms with van der Waals surface area (Å²) in [5.41, 5.74) is 0.662. The molecule has 6 heteroatoms. The van der Waals surface area contributed by atoms with E-state index in [9.17, 15) is 9.59 Å². The molecule has 2 N–H and O–H groups in total. The number of carbonyl (C=O) groups is 2. The summed E-state index contributed by atoms with van der Waals surface area (Å²) < 4.78 is 0. The van der Waals surface area contributed by atoms with E-state index in [0.717, 1.165) is 11.8 Å². The minimum absolute atomic E-state index is 0. The summed E-state index contributed by atoms with van der Waals surface area (Å²) in [6, 6.07) is 16.6. The number of rotatable bonds is 2. The first-order valence-corrected chi connectivity index (χ1v) is 7.59. The molecule has 0 unspecified atom stereocenters. The summed E-state index contributed by atoms with van der Waals surface area (Å²) in [5.74, 6) is 0.0752. The van der Waals surface area contributed by atoms with E-state index < -0.39 is 11.9 Å². The molecule has 0 atom stereocenters. The summed E-state index contributed by atoms with van der Waals surface area (Å²) in [6.07, 6.45) is 0. The maximum atomic E-state index is 10.2. The quantitative estimate of drug-likeness (QED) is 0.486. The number of carboxylic acid groups (broad SMARTS) is 2. The predicted molar refractivity (Wildman–Crippen MR) is 106 cm³/mol. The van der Waals surface area contributed by atoms with Gasteiger partial charge in [0.2, 0.25) is 0 Å². The Morgan fingerprint density at radius 1 is 0.607 bits per heavy atom. The third kappa shape index (κ3) is 26.9. The molecule has 28 heavy (non-hydrogen) atoms. The Bertz CT molecular complexity index is 539. The van der Waals surface area contributed by atoms with Crippen molar-refractivity contribution in [3.63, 3.8) is 0 Å². The van der Waals surface area contributed by atoms with Crippen molar-refractivity contribution in [1.29, 1.82) is 0 Å². The van der Waals surface area contributed by atoms with Crippen LogP contribution in [0.2, 0.25) is 0 Å². The molecule has 0 fully saturated rings. The van der Waals surface area contributed by atoms with Crippen molar-refractivity contribution in [2.45, 2.75) is 13.8 Å². The second-order valence-corrected chi connectivity index (χ2v) is 5.26. The van der Waals surface area contributed by atoms with Gasteiger partial charge in [-0.2, -0.15) is 0 Å². The number of aromatic carboxylic acids is 2. The maximum Gasteiger partial charge on any atom is 0.335 e. The molecule has 0 bridgehead atoms.